The Morgan fingerprint density at radius 2 is 2.18 bits per heavy atom. The van der Waals surface area contributed by atoms with Crippen molar-refractivity contribution in [2.24, 2.45) is 0 Å². The van der Waals surface area contributed by atoms with Crippen LogP contribution in [0.25, 0.3) is 10.9 Å². The number of fused-ring (bicyclic) bond motifs is 1. The molecule has 1 fully saturated rings. The summed E-state index contributed by atoms with van der Waals surface area (Å²) in [5, 5.41) is 0.704. The molecule has 0 bridgehead atoms. The van der Waals surface area contributed by atoms with Gasteiger partial charge in [0.1, 0.15) is 5.82 Å². The van der Waals surface area contributed by atoms with Crippen molar-refractivity contribution in [3.8, 4) is 0 Å². The molecule has 116 valence electrons. The Labute approximate surface area is 129 Å². The predicted molar refractivity (Wildman–Crippen MR) is 84.4 cm³/mol. The largest absolute Gasteiger partial charge is 0.337 e. The van der Waals surface area contributed by atoms with Crippen LogP contribution in [0, 0.1) is 12.7 Å². The molecule has 1 aliphatic heterocycles. The monoisotopic (exact) mass is 301 g/mol. The summed E-state index contributed by atoms with van der Waals surface area (Å²) in [4.78, 5) is 21.2. The summed E-state index contributed by atoms with van der Waals surface area (Å²) in [5.41, 5.74) is 1.85. The van der Waals surface area contributed by atoms with E-state index < -0.39 is 0 Å². The highest BCUT2D eigenvalue weighted by atomic mass is 19.1. The molecule has 4 nitrogen and oxygen atoms in total. The van der Waals surface area contributed by atoms with E-state index >= 15 is 0 Å². The molecule has 0 radical (unpaired) electrons. The summed E-state index contributed by atoms with van der Waals surface area (Å²) < 4.78 is 13.4. The molecular weight excluding hydrogens is 281 g/mol. The van der Waals surface area contributed by atoms with Gasteiger partial charge in [-0.25, -0.2) is 4.39 Å². The standard InChI is InChI=1S/C17H20FN3O/c1-11-8-15(14-5-4-12(18)9-16(14)19-11)17(22)21(3)13-6-7-20(2)10-13/h4-5,8-9,13H,6-7,10H2,1-3H3. The minimum Gasteiger partial charge on any atom is -0.337 e. The lowest BCUT2D eigenvalue weighted by molar-refractivity contribution is 0.0739. The summed E-state index contributed by atoms with van der Waals surface area (Å²) in [6.07, 6.45) is 0.982. The zero-order chi connectivity index (χ0) is 15.9. The lowest BCUT2D eigenvalue weighted by Crippen LogP contribution is -2.38. The molecule has 1 unspecified atom stereocenters. The van der Waals surface area contributed by atoms with Gasteiger partial charge in [0.05, 0.1) is 11.1 Å². The molecule has 1 amide bonds. The van der Waals surface area contributed by atoms with Gasteiger partial charge in [0.2, 0.25) is 0 Å². The van der Waals surface area contributed by atoms with E-state index in [-0.39, 0.29) is 17.8 Å². The normalized spacial score (nSPS) is 18.8. The Kier molecular flexibility index (Phi) is 3.83. The molecule has 2 aromatic rings. The van der Waals surface area contributed by atoms with E-state index in [9.17, 15) is 9.18 Å². The zero-order valence-corrected chi connectivity index (χ0v) is 13.1. The molecule has 0 N–H and O–H groups in total. The van der Waals surface area contributed by atoms with E-state index in [0.29, 0.717) is 16.5 Å². The van der Waals surface area contributed by atoms with Crippen LogP contribution in [0.4, 0.5) is 4.39 Å². The van der Waals surface area contributed by atoms with Gasteiger partial charge in [-0.2, -0.15) is 0 Å². The molecule has 0 saturated carbocycles. The number of aromatic nitrogens is 1. The molecule has 1 aromatic carbocycles. The van der Waals surface area contributed by atoms with E-state index in [4.69, 9.17) is 0 Å². The van der Waals surface area contributed by atoms with Crippen molar-refractivity contribution >= 4 is 16.8 Å². The summed E-state index contributed by atoms with van der Waals surface area (Å²) in [6, 6.07) is 6.40. The predicted octanol–water partition coefficient (Wildman–Crippen LogP) is 2.46. The molecule has 1 atom stereocenters. The fraction of sp³-hybridized carbons (Fsp3) is 0.412. The highest BCUT2D eigenvalue weighted by Crippen LogP contribution is 2.23. The average Bonchev–Trinajstić information content (AvgIpc) is 2.91. The Hall–Kier alpha value is -2.01. The third kappa shape index (κ3) is 2.68. The molecule has 0 spiro atoms. The smallest absolute Gasteiger partial charge is 0.254 e. The SMILES string of the molecule is Cc1cc(C(=O)N(C)C2CCN(C)C2)c2ccc(F)cc2n1. The summed E-state index contributed by atoms with van der Waals surface area (Å²) in [5.74, 6) is -0.364. The fourth-order valence-corrected chi connectivity index (χ4v) is 3.09. The van der Waals surface area contributed by atoms with Gasteiger partial charge in [0.25, 0.3) is 5.91 Å². The first-order valence-electron chi connectivity index (χ1n) is 7.48. The topological polar surface area (TPSA) is 36.4 Å². The summed E-state index contributed by atoms with van der Waals surface area (Å²) >= 11 is 0. The van der Waals surface area contributed by atoms with Crippen molar-refractivity contribution in [3.05, 3.63) is 41.3 Å². The number of amides is 1. The van der Waals surface area contributed by atoms with Crippen LogP contribution >= 0.6 is 0 Å². The third-order valence-electron chi connectivity index (χ3n) is 4.36. The molecule has 1 saturated heterocycles. The Bertz CT molecular complexity index is 726. The second-order valence-electron chi connectivity index (χ2n) is 6.09. The van der Waals surface area contributed by atoms with E-state index in [2.05, 4.69) is 16.9 Å². The van der Waals surface area contributed by atoms with Crippen molar-refractivity contribution in [1.29, 1.82) is 0 Å². The van der Waals surface area contributed by atoms with Crippen molar-refractivity contribution < 1.29 is 9.18 Å². The van der Waals surface area contributed by atoms with Gasteiger partial charge < -0.3 is 9.80 Å². The molecule has 1 aromatic heterocycles. The maximum atomic E-state index is 13.4. The zero-order valence-electron chi connectivity index (χ0n) is 13.1. The van der Waals surface area contributed by atoms with Gasteiger partial charge in [-0.3, -0.25) is 9.78 Å². The second kappa shape index (κ2) is 5.65. The highest BCUT2D eigenvalue weighted by Gasteiger charge is 2.28. The number of likely N-dealkylation sites (N-methyl/N-ethyl adjacent to an activating group) is 2. The number of likely N-dealkylation sites (tertiary alicyclic amines) is 1. The van der Waals surface area contributed by atoms with E-state index in [1.807, 2.05) is 14.0 Å². The van der Waals surface area contributed by atoms with Gasteiger partial charge in [-0.1, -0.05) is 0 Å². The lowest BCUT2D eigenvalue weighted by atomic mass is 10.1. The average molecular weight is 301 g/mol. The van der Waals surface area contributed by atoms with Crippen molar-refractivity contribution in [1.82, 2.24) is 14.8 Å². The van der Waals surface area contributed by atoms with Crippen LogP contribution in [0.1, 0.15) is 22.5 Å². The van der Waals surface area contributed by atoms with Crippen LogP contribution in [0.2, 0.25) is 0 Å². The molecule has 3 rings (SSSR count). The minimum absolute atomic E-state index is 0.0255. The van der Waals surface area contributed by atoms with E-state index in [1.165, 1.54) is 12.1 Å². The van der Waals surface area contributed by atoms with Gasteiger partial charge in [0, 0.05) is 36.8 Å². The van der Waals surface area contributed by atoms with Crippen molar-refractivity contribution in [2.45, 2.75) is 19.4 Å². The van der Waals surface area contributed by atoms with Gasteiger partial charge in [-0.15, -0.1) is 0 Å². The number of hydrogen-bond acceptors (Lipinski definition) is 3. The quantitative estimate of drug-likeness (QED) is 0.855. The minimum atomic E-state index is -0.338. The van der Waals surface area contributed by atoms with Crippen molar-refractivity contribution in [2.75, 3.05) is 27.2 Å². The van der Waals surface area contributed by atoms with Crippen LogP contribution in [-0.4, -0.2) is 53.9 Å². The Balaban J connectivity index is 2.00. The van der Waals surface area contributed by atoms with Crippen LogP contribution in [0.5, 0.6) is 0 Å². The first kappa shape index (κ1) is 14.9. The van der Waals surface area contributed by atoms with Crippen LogP contribution in [0.15, 0.2) is 24.3 Å². The maximum Gasteiger partial charge on any atom is 0.254 e. The lowest BCUT2D eigenvalue weighted by Gasteiger charge is -2.25. The number of aryl methyl sites for hydroxylation is 1. The maximum absolute atomic E-state index is 13.4. The second-order valence-corrected chi connectivity index (χ2v) is 6.09. The van der Waals surface area contributed by atoms with E-state index in [0.717, 1.165) is 25.2 Å². The number of halogens is 1. The highest BCUT2D eigenvalue weighted by molar-refractivity contribution is 6.06. The number of nitrogens with zero attached hydrogens (tertiary/aromatic N) is 3. The van der Waals surface area contributed by atoms with Gasteiger partial charge in [0.15, 0.2) is 0 Å². The fourth-order valence-electron chi connectivity index (χ4n) is 3.09. The number of carbonyl (C=O) groups is 1. The van der Waals surface area contributed by atoms with Crippen LogP contribution in [-0.2, 0) is 0 Å². The third-order valence-corrected chi connectivity index (χ3v) is 4.36. The molecule has 5 heteroatoms. The first-order valence-corrected chi connectivity index (χ1v) is 7.48. The van der Waals surface area contributed by atoms with Gasteiger partial charge in [-0.05, 0) is 45.1 Å². The molecule has 22 heavy (non-hydrogen) atoms. The number of benzene rings is 1. The first-order chi connectivity index (χ1) is 10.5. The molecule has 0 aliphatic carbocycles. The molecule has 2 heterocycles. The number of hydrogen-bond donors (Lipinski definition) is 0. The molecular formula is C17H20FN3O. The Morgan fingerprint density at radius 3 is 2.86 bits per heavy atom. The Morgan fingerprint density at radius 1 is 1.41 bits per heavy atom. The summed E-state index contributed by atoms with van der Waals surface area (Å²) in [6.45, 7) is 3.72. The number of carbonyl (C=O) groups excluding carboxylic acids is 1. The summed E-state index contributed by atoms with van der Waals surface area (Å²) in [7, 11) is 3.91. The number of pyridine rings is 1. The van der Waals surface area contributed by atoms with Crippen LogP contribution in [0.3, 0.4) is 0 Å². The van der Waals surface area contributed by atoms with E-state index in [1.54, 1.807) is 17.0 Å². The van der Waals surface area contributed by atoms with Crippen LogP contribution < -0.4 is 0 Å². The van der Waals surface area contributed by atoms with Gasteiger partial charge >= 0.3 is 0 Å². The van der Waals surface area contributed by atoms with Crippen molar-refractivity contribution in [3.63, 3.8) is 0 Å². The number of rotatable bonds is 2. The molecule has 1 aliphatic rings.